The average Bonchev–Trinajstić information content (AvgIpc) is 3.19. The predicted octanol–water partition coefficient (Wildman–Crippen LogP) is 6.57. The Balaban J connectivity index is 1.62. The van der Waals surface area contributed by atoms with Gasteiger partial charge < -0.3 is 9.67 Å². The molecule has 1 saturated carbocycles. The number of carboxylic acids is 1. The molecule has 150 valence electrons. The molecule has 3 aromatic carbocycles. The Morgan fingerprint density at radius 1 is 0.833 bits per heavy atom. The lowest BCUT2D eigenvalue weighted by molar-refractivity contribution is 0.0697. The molecule has 4 nitrogen and oxygen atoms in total. The van der Waals surface area contributed by atoms with Crippen LogP contribution in [0.15, 0.2) is 72.8 Å². The van der Waals surface area contributed by atoms with Gasteiger partial charge in [-0.3, -0.25) is 0 Å². The van der Waals surface area contributed by atoms with Crippen molar-refractivity contribution in [1.82, 2.24) is 9.55 Å². The molecule has 1 aliphatic carbocycles. The van der Waals surface area contributed by atoms with Gasteiger partial charge in [0.1, 0.15) is 5.82 Å². The van der Waals surface area contributed by atoms with Gasteiger partial charge in [0, 0.05) is 11.6 Å². The Morgan fingerprint density at radius 3 is 2.20 bits per heavy atom. The summed E-state index contributed by atoms with van der Waals surface area (Å²) in [6, 6.07) is 24.6. The number of imidazole rings is 1. The van der Waals surface area contributed by atoms with Crippen molar-refractivity contribution in [2.24, 2.45) is 0 Å². The van der Waals surface area contributed by atoms with Crippen molar-refractivity contribution in [2.75, 3.05) is 0 Å². The van der Waals surface area contributed by atoms with Gasteiger partial charge in [-0.25, -0.2) is 9.78 Å². The molecule has 0 radical (unpaired) electrons. The van der Waals surface area contributed by atoms with Crippen molar-refractivity contribution >= 4 is 17.0 Å². The second-order valence-corrected chi connectivity index (χ2v) is 8.05. The van der Waals surface area contributed by atoms with Gasteiger partial charge in [-0.1, -0.05) is 73.9 Å². The fourth-order valence-corrected chi connectivity index (χ4v) is 4.59. The number of rotatable bonds is 4. The molecule has 0 aliphatic heterocycles. The highest BCUT2D eigenvalue weighted by Crippen LogP contribution is 2.36. The van der Waals surface area contributed by atoms with Crippen LogP contribution in [0.2, 0.25) is 0 Å². The molecular weight excluding hydrogens is 372 g/mol. The van der Waals surface area contributed by atoms with Crippen LogP contribution >= 0.6 is 0 Å². The van der Waals surface area contributed by atoms with Crippen molar-refractivity contribution < 1.29 is 9.90 Å². The van der Waals surface area contributed by atoms with Crippen LogP contribution in [-0.2, 0) is 0 Å². The van der Waals surface area contributed by atoms with Gasteiger partial charge in [0.05, 0.1) is 16.6 Å². The predicted molar refractivity (Wildman–Crippen MR) is 120 cm³/mol. The van der Waals surface area contributed by atoms with Crippen LogP contribution in [0.5, 0.6) is 0 Å². The summed E-state index contributed by atoms with van der Waals surface area (Å²) in [6.07, 6.45) is 6.02. The monoisotopic (exact) mass is 396 g/mol. The van der Waals surface area contributed by atoms with Crippen LogP contribution in [-0.4, -0.2) is 20.6 Å². The minimum absolute atomic E-state index is 0.279. The third-order valence-corrected chi connectivity index (χ3v) is 6.13. The number of carboxylic acid groups (broad SMARTS) is 1. The summed E-state index contributed by atoms with van der Waals surface area (Å²) >= 11 is 0. The Hall–Kier alpha value is -3.40. The van der Waals surface area contributed by atoms with E-state index in [0.29, 0.717) is 6.04 Å². The largest absolute Gasteiger partial charge is 0.478 e. The van der Waals surface area contributed by atoms with Crippen molar-refractivity contribution in [3.8, 4) is 22.5 Å². The Labute approximate surface area is 175 Å². The summed E-state index contributed by atoms with van der Waals surface area (Å²) in [5, 5.41) is 9.39. The van der Waals surface area contributed by atoms with Crippen molar-refractivity contribution in [3.63, 3.8) is 0 Å². The first-order chi connectivity index (χ1) is 14.7. The molecule has 0 spiro atoms. The van der Waals surface area contributed by atoms with Gasteiger partial charge in [0.25, 0.3) is 0 Å². The minimum Gasteiger partial charge on any atom is -0.478 e. The maximum Gasteiger partial charge on any atom is 0.335 e. The number of hydrogen-bond acceptors (Lipinski definition) is 2. The van der Waals surface area contributed by atoms with Crippen molar-refractivity contribution in [3.05, 3.63) is 78.4 Å². The van der Waals surface area contributed by atoms with Crippen LogP contribution in [0.3, 0.4) is 0 Å². The molecule has 0 saturated heterocycles. The number of aromatic carboxylic acids is 1. The Morgan fingerprint density at radius 2 is 1.50 bits per heavy atom. The van der Waals surface area contributed by atoms with Crippen LogP contribution in [0.4, 0.5) is 0 Å². The van der Waals surface area contributed by atoms with E-state index in [0.717, 1.165) is 35.3 Å². The molecule has 30 heavy (non-hydrogen) atoms. The van der Waals surface area contributed by atoms with Crippen LogP contribution in [0.1, 0.15) is 48.5 Å². The molecular formula is C26H24N2O2. The summed E-state index contributed by atoms with van der Waals surface area (Å²) in [4.78, 5) is 16.3. The molecule has 1 aromatic heterocycles. The van der Waals surface area contributed by atoms with Crippen molar-refractivity contribution in [2.45, 2.75) is 38.1 Å². The average molecular weight is 396 g/mol. The SMILES string of the molecule is O=C(O)c1ccc2c(c1)nc(-c1ccc(-c3ccccc3)cc1)n2C1CCCCC1. The first-order valence-electron chi connectivity index (χ1n) is 10.6. The van der Waals surface area contributed by atoms with E-state index in [1.165, 1.54) is 30.4 Å². The molecule has 0 amide bonds. The van der Waals surface area contributed by atoms with E-state index >= 15 is 0 Å². The van der Waals surface area contributed by atoms with E-state index in [9.17, 15) is 9.90 Å². The van der Waals surface area contributed by atoms with Crippen LogP contribution < -0.4 is 0 Å². The fraction of sp³-hybridized carbons (Fsp3) is 0.231. The Bertz CT molecular complexity index is 1190. The standard InChI is InChI=1S/C26H24N2O2/c29-26(30)21-15-16-24-23(17-21)27-25(28(24)22-9-5-2-6-10-22)20-13-11-19(12-14-20)18-7-3-1-4-8-18/h1,3-4,7-8,11-17,22H,2,5-6,9-10H2,(H,29,30). The zero-order valence-electron chi connectivity index (χ0n) is 16.8. The molecule has 0 atom stereocenters. The third kappa shape index (κ3) is 3.39. The zero-order valence-corrected chi connectivity index (χ0v) is 16.8. The van der Waals surface area contributed by atoms with E-state index in [4.69, 9.17) is 4.98 Å². The number of nitrogens with zero attached hydrogens (tertiary/aromatic N) is 2. The number of hydrogen-bond donors (Lipinski definition) is 1. The molecule has 1 fully saturated rings. The summed E-state index contributed by atoms with van der Waals surface area (Å²) in [5.41, 5.74) is 5.48. The highest BCUT2D eigenvalue weighted by Gasteiger charge is 2.23. The van der Waals surface area contributed by atoms with E-state index in [1.54, 1.807) is 12.1 Å². The van der Waals surface area contributed by atoms with E-state index in [2.05, 4.69) is 41.0 Å². The summed E-state index contributed by atoms with van der Waals surface area (Å²) in [7, 11) is 0. The number of fused-ring (bicyclic) bond motifs is 1. The lowest BCUT2D eigenvalue weighted by atomic mass is 9.94. The molecule has 0 bridgehead atoms. The fourth-order valence-electron chi connectivity index (χ4n) is 4.59. The van der Waals surface area contributed by atoms with Gasteiger partial charge in [-0.05, 0) is 42.2 Å². The molecule has 4 heteroatoms. The molecule has 1 heterocycles. The van der Waals surface area contributed by atoms with Crippen molar-refractivity contribution in [1.29, 1.82) is 0 Å². The minimum atomic E-state index is -0.919. The highest BCUT2D eigenvalue weighted by molar-refractivity contribution is 5.93. The van der Waals surface area contributed by atoms with Crippen LogP contribution in [0.25, 0.3) is 33.5 Å². The lowest BCUT2D eigenvalue weighted by Gasteiger charge is -2.25. The smallest absolute Gasteiger partial charge is 0.335 e. The number of carbonyl (C=O) groups is 1. The highest BCUT2D eigenvalue weighted by atomic mass is 16.4. The second-order valence-electron chi connectivity index (χ2n) is 8.05. The first kappa shape index (κ1) is 18.6. The third-order valence-electron chi connectivity index (χ3n) is 6.13. The van der Waals surface area contributed by atoms with E-state index < -0.39 is 5.97 Å². The maximum atomic E-state index is 11.4. The van der Waals surface area contributed by atoms with Gasteiger partial charge in [-0.2, -0.15) is 0 Å². The molecule has 0 unspecified atom stereocenters. The molecule has 4 aromatic rings. The van der Waals surface area contributed by atoms with Gasteiger partial charge in [0.2, 0.25) is 0 Å². The van der Waals surface area contributed by atoms with E-state index in [-0.39, 0.29) is 5.56 Å². The lowest BCUT2D eigenvalue weighted by Crippen LogP contribution is -2.14. The number of aromatic nitrogens is 2. The summed E-state index contributed by atoms with van der Waals surface area (Å²) in [5.74, 6) is 0.0110. The molecule has 1 N–H and O–H groups in total. The topological polar surface area (TPSA) is 55.1 Å². The van der Waals surface area contributed by atoms with Gasteiger partial charge in [0.15, 0.2) is 0 Å². The first-order valence-corrected chi connectivity index (χ1v) is 10.6. The summed E-state index contributed by atoms with van der Waals surface area (Å²) < 4.78 is 2.34. The second kappa shape index (κ2) is 7.79. The van der Waals surface area contributed by atoms with Gasteiger partial charge >= 0.3 is 5.97 Å². The molecule has 1 aliphatic rings. The van der Waals surface area contributed by atoms with E-state index in [1.807, 2.05) is 24.3 Å². The normalized spacial score (nSPS) is 14.8. The summed E-state index contributed by atoms with van der Waals surface area (Å²) in [6.45, 7) is 0. The quantitative estimate of drug-likeness (QED) is 0.424. The maximum absolute atomic E-state index is 11.4. The zero-order chi connectivity index (χ0) is 20.5. The van der Waals surface area contributed by atoms with Crippen LogP contribution in [0, 0.1) is 0 Å². The number of benzene rings is 3. The Kier molecular flexibility index (Phi) is 4.83. The molecule has 5 rings (SSSR count). The van der Waals surface area contributed by atoms with Gasteiger partial charge in [-0.15, -0.1) is 0 Å².